The maximum absolute atomic E-state index is 11.8. The quantitative estimate of drug-likeness (QED) is 0.136. The van der Waals surface area contributed by atoms with Crippen molar-refractivity contribution >= 4 is 23.6 Å². The lowest BCUT2D eigenvalue weighted by atomic mass is 10.2. The predicted molar refractivity (Wildman–Crippen MR) is 150 cm³/mol. The van der Waals surface area contributed by atoms with Crippen LogP contribution in [0.2, 0.25) is 0 Å². The number of carbonyl (C=O) groups excluding carboxylic acids is 4. The minimum Gasteiger partial charge on any atom is -0.466 e. The second kappa shape index (κ2) is 25.4. The highest BCUT2D eigenvalue weighted by atomic mass is 16.5. The van der Waals surface area contributed by atoms with Gasteiger partial charge in [0.05, 0.1) is 20.2 Å². The fourth-order valence-electron chi connectivity index (χ4n) is 2.66. The van der Waals surface area contributed by atoms with E-state index in [9.17, 15) is 19.2 Å². The summed E-state index contributed by atoms with van der Waals surface area (Å²) in [7, 11) is 1.19. The molecule has 37 heavy (non-hydrogen) atoms. The number of amides is 2. The number of nitrogens with one attached hydrogen (secondary N) is 2. The number of esters is 1. The highest BCUT2D eigenvalue weighted by Gasteiger charge is 2.06. The van der Waals surface area contributed by atoms with E-state index in [-0.39, 0.29) is 31.2 Å². The van der Waals surface area contributed by atoms with E-state index in [1.54, 1.807) is 0 Å². The Morgan fingerprint density at radius 2 is 1.08 bits per heavy atom. The van der Waals surface area contributed by atoms with E-state index in [1.165, 1.54) is 7.11 Å². The molecule has 7 heteroatoms. The van der Waals surface area contributed by atoms with Gasteiger partial charge in [-0.2, -0.15) is 0 Å². The molecule has 0 saturated heterocycles. The Labute approximate surface area is 221 Å². The Morgan fingerprint density at radius 3 is 1.57 bits per heavy atom. The lowest BCUT2D eigenvalue weighted by Crippen LogP contribution is -2.36. The van der Waals surface area contributed by atoms with E-state index in [0.29, 0.717) is 6.42 Å². The number of ketones is 1. The van der Waals surface area contributed by atoms with Crippen LogP contribution in [0, 0.1) is 0 Å². The molecule has 0 aliphatic heterocycles. The summed E-state index contributed by atoms with van der Waals surface area (Å²) in [6, 6.07) is 0. The number of carbonyl (C=O) groups is 4. The smallest absolute Gasteiger partial charge is 0.330 e. The van der Waals surface area contributed by atoms with Gasteiger partial charge in [-0.3, -0.25) is 14.4 Å². The summed E-state index contributed by atoms with van der Waals surface area (Å²) in [6.07, 6.45) is 34.0. The van der Waals surface area contributed by atoms with Gasteiger partial charge in [0, 0.05) is 18.6 Å². The third-order valence-electron chi connectivity index (χ3n) is 4.65. The van der Waals surface area contributed by atoms with E-state index in [0.717, 1.165) is 50.7 Å². The Morgan fingerprint density at radius 1 is 0.622 bits per heavy atom. The average molecular weight is 511 g/mol. The molecule has 0 bridgehead atoms. The van der Waals surface area contributed by atoms with Crippen LogP contribution in [0.3, 0.4) is 0 Å². The summed E-state index contributed by atoms with van der Waals surface area (Å²) in [5.41, 5.74) is 0. The van der Waals surface area contributed by atoms with Crippen molar-refractivity contribution in [2.24, 2.45) is 0 Å². The lowest BCUT2D eigenvalue weighted by molar-refractivity contribution is -0.135. The van der Waals surface area contributed by atoms with Crippen LogP contribution < -0.4 is 10.6 Å². The number of hydrogen-bond donors (Lipinski definition) is 2. The van der Waals surface area contributed by atoms with Gasteiger partial charge in [-0.05, 0) is 44.9 Å². The number of allylic oxidation sites excluding steroid dienone is 12. The number of ether oxygens (including phenoxy) is 1. The van der Waals surface area contributed by atoms with Crippen molar-refractivity contribution in [2.45, 2.75) is 58.3 Å². The van der Waals surface area contributed by atoms with Crippen molar-refractivity contribution < 1.29 is 23.9 Å². The second-order valence-electron chi connectivity index (χ2n) is 7.84. The molecule has 0 aromatic carbocycles. The molecule has 0 aromatic rings. The normalized spacial score (nSPS) is 12.3. The monoisotopic (exact) mass is 510 g/mol. The zero-order valence-electron chi connectivity index (χ0n) is 22.2. The highest BCUT2D eigenvalue weighted by Crippen LogP contribution is 1.97. The van der Waals surface area contributed by atoms with Gasteiger partial charge >= 0.3 is 5.97 Å². The molecule has 0 spiro atoms. The van der Waals surface area contributed by atoms with E-state index in [1.807, 2.05) is 12.2 Å². The molecule has 202 valence electrons. The van der Waals surface area contributed by atoms with Gasteiger partial charge in [0.15, 0.2) is 5.78 Å². The van der Waals surface area contributed by atoms with Gasteiger partial charge in [0.1, 0.15) is 0 Å². The minimum atomic E-state index is -0.666. The average Bonchev–Trinajstić information content (AvgIpc) is 2.90. The van der Waals surface area contributed by atoms with Crippen LogP contribution in [0.4, 0.5) is 0 Å². The Kier molecular flexibility index (Phi) is 22.8. The van der Waals surface area contributed by atoms with Crippen molar-refractivity contribution in [2.75, 3.05) is 20.2 Å². The van der Waals surface area contributed by atoms with Crippen LogP contribution >= 0.6 is 0 Å². The second-order valence-corrected chi connectivity index (χ2v) is 7.84. The summed E-state index contributed by atoms with van der Waals surface area (Å²) >= 11 is 0. The van der Waals surface area contributed by atoms with Crippen molar-refractivity contribution in [3.63, 3.8) is 0 Å². The van der Waals surface area contributed by atoms with Crippen LogP contribution in [0.15, 0.2) is 85.1 Å². The molecule has 0 atom stereocenters. The van der Waals surface area contributed by atoms with Crippen LogP contribution in [0.5, 0.6) is 0 Å². The molecule has 0 aromatic heterocycles. The van der Waals surface area contributed by atoms with E-state index in [4.69, 9.17) is 0 Å². The van der Waals surface area contributed by atoms with E-state index in [2.05, 4.69) is 83.1 Å². The van der Waals surface area contributed by atoms with Crippen LogP contribution in [0.25, 0.3) is 0 Å². The molecule has 0 aliphatic carbocycles. The van der Waals surface area contributed by atoms with Crippen LogP contribution in [-0.2, 0) is 23.9 Å². The van der Waals surface area contributed by atoms with Gasteiger partial charge < -0.3 is 15.4 Å². The minimum absolute atomic E-state index is 0.163. The van der Waals surface area contributed by atoms with E-state index < -0.39 is 11.9 Å². The molecule has 0 heterocycles. The lowest BCUT2D eigenvalue weighted by Gasteiger charge is -2.04. The first-order valence-electron chi connectivity index (χ1n) is 12.7. The van der Waals surface area contributed by atoms with Crippen LogP contribution in [-0.4, -0.2) is 43.8 Å². The summed E-state index contributed by atoms with van der Waals surface area (Å²) in [5, 5.41) is 4.86. The molecule has 0 aliphatic rings. The fraction of sp³-hybridized carbons (Fsp3) is 0.400. The first-order chi connectivity index (χ1) is 18.0. The molecule has 0 radical (unpaired) electrons. The topological polar surface area (TPSA) is 102 Å². The molecule has 0 saturated carbocycles. The Bertz CT molecular complexity index is 876. The Balaban J connectivity index is 3.76. The first-order valence-corrected chi connectivity index (χ1v) is 12.7. The molecular formula is C30H42N2O5. The maximum atomic E-state index is 11.8. The molecular weight excluding hydrogens is 468 g/mol. The standard InChI is InChI=1S/C30H42N2O5/c1-3-4-5-6-7-8-9-10-11-12-13-14-15-16-17-18-19-20-21-22-28(34)31-25-27(33)26-32-29(35)23-24-30(36)37-2/h4-5,7-8,10-11,13-14,16-17,19-20,23-24H,3,6,9,12,15,18,21-22,25-26H2,1-2H3,(H,31,34)(H,32,35). The highest BCUT2D eigenvalue weighted by molar-refractivity contribution is 5.97. The summed E-state index contributed by atoms with van der Waals surface area (Å²) < 4.78 is 4.36. The van der Waals surface area contributed by atoms with Crippen molar-refractivity contribution in [1.82, 2.24) is 10.6 Å². The third kappa shape index (κ3) is 25.2. The zero-order valence-corrected chi connectivity index (χ0v) is 22.2. The van der Waals surface area contributed by atoms with Gasteiger partial charge in [0.2, 0.25) is 11.8 Å². The number of methoxy groups -OCH3 is 1. The van der Waals surface area contributed by atoms with Gasteiger partial charge in [-0.15, -0.1) is 0 Å². The molecule has 2 amide bonds. The van der Waals surface area contributed by atoms with Crippen molar-refractivity contribution in [3.8, 4) is 0 Å². The maximum Gasteiger partial charge on any atom is 0.330 e. The number of rotatable bonds is 20. The SMILES string of the molecule is CCC=CCC=CCC=CCC=CCC=CCC=CCCC(=O)NCC(=O)CNC(=O)C=CC(=O)OC. The third-order valence-corrected chi connectivity index (χ3v) is 4.65. The van der Waals surface area contributed by atoms with Gasteiger partial charge in [-0.1, -0.05) is 79.8 Å². The molecule has 0 fully saturated rings. The van der Waals surface area contributed by atoms with Gasteiger partial charge in [0.25, 0.3) is 0 Å². The molecule has 0 unspecified atom stereocenters. The van der Waals surface area contributed by atoms with E-state index >= 15 is 0 Å². The number of Topliss-reactive ketones (excluding diaryl/α,β-unsaturated/α-hetero) is 1. The number of hydrogen-bond acceptors (Lipinski definition) is 5. The zero-order chi connectivity index (χ0) is 27.4. The summed E-state index contributed by atoms with van der Waals surface area (Å²) in [6.45, 7) is 1.74. The fourth-order valence-corrected chi connectivity index (χ4v) is 2.66. The Hall–Kier alpha value is -3.74. The molecule has 7 nitrogen and oxygen atoms in total. The summed E-state index contributed by atoms with van der Waals surface area (Å²) in [4.78, 5) is 45.8. The largest absolute Gasteiger partial charge is 0.466 e. The summed E-state index contributed by atoms with van der Waals surface area (Å²) in [5.74, 6) is -1.84. The van der Waals surface area contributed by atoms with Crippen LogP contribution in [0.1, 0.15) is 58.3 Å². The van der Waals surface area contributed by atoms with Crippen molar-refractivity contribution in [1.29, 1.82) is 0 Å². The first kappa shape index (κ1) is 33.3. The molecule has 0 rings (SSSR count). The van der Waals surface area contributed by atoms with Crippen molar-refractivity contribution in [3.05, 3.63) is 85.1 Å². The molecule has 2 N–H and O–H groups in total. The predicted octanol–water partition coefficient (Wildman–Crippen LogP) is 5.00. The van der Waals surface area contributed by atoms with Gasteiger partial charge in [-0.25, -0.2) is 4.79 Å².